The molecule has 0 unspecified atom stereocenters. The quantitative estimate of drug-likeness (QED) is 0.617. The van der Waals surface area contributed by atoms with Crippen molar-refractivity contribution in [3.8, 4) is 5.75 Å². The summed E-state index contributed by atoms with van der Waals surface area (Å²) in [6.45, 7) is 2.29. The molecule has 0 aliphatic rings. The number of carbonyl (C=O) groups excluding carboxylic acids is 2. The fourth-order valence-electron chi connectivity index (χ4n) is 1.89. The van der Waals surface area contributed by atoms with Gasteiger partial charge < -0.3 is 14.8 Å². The number of hydrogen-bond acceptors (Lipinski definition) is 4. The van der Waals surface area contributed by atoms with Crippen LogP contribution in [0.4, 0.5) is 0 Å². The Morgan fingerprint density at radius 3 is 2.29 bits per heavy atom. The summed E-state index contributed by atoms with van der Waals surface area (Å²) in [4.78, 5) is 22.8. The van der Waals surface area contributed by atoms with Crippen molar-refractivity contribution in [2.75, 3.05) is 13.2 Å². The average molecular weight is 348 g/mol. The number of amides is 1. The van der Waals surface area contributed by atoms with E-state index in [2.05, 4.69) is 5.32 Å². The molecule has 0 bridgehead atoms. The fraction of sp³-hybridized carbons (Fsp3) is 0.222. The molecule has 0 saturated carbocycles. The predicted octanol–water partition coefficient (Wildman–Crippen LogP) is 3.21. The Morgan fingerprint density at radius 1 is 1.00 bits per heavy atom. The lowest BCUT2D eigenvalue weighted by atomic mass is 10.1. The molecular weight excluding hydrogens is 330 g/mol. The SMILES string of the molecule is CC(=O)NCc1ccc(C(=O)OCCOc2ccc(Cl)cc2)cc1. The van der Waals surface area contributed by atoms with Crippen molar-refractivity contribution < 1.29 is 19.1 Å². The van der Waals surface area contributed by atoms with Crippen LogP contribution in [0.25, 0.3) is 0 Å². The van der Waals surface area contributed by atoms with Crippen LogP contribution in [0.5, 0.6) is 5.75 Å². The first kappa shape index (κ1) is 17.8. The zero-order valence-electron chi connectivity index (χ0n) is 13.3. The molecular formula is C18H18ClNO4. The lowest BCUT2D eigenvalue weighted by molar-refractivity contribution is -0.119. The van der Waals surface area contributed by atoms with Crippen molar-refractivity contribution in [3.63, 3.8) is 0 Å². The minimum Gasteiger partial charge on any atom is -0.490 e. The number of benzene rings is 2. The molecule has 0 saturated heterocycles. The van der Waals surface area contributed by atoms with E-state index >= 15 is 0 Å². The Bertz CT molecular complexity index is 683. The summed E-state index contributed by atoms with van der Waals surface area (Å²) in [6, 6.07) is 13.8. The van der Waals surface area contributed by atoms with Crippen LogP contribution in [-0.4, -0.2) is 25.1 Å². The molecule has 1 N–H and O–H groups in total. The van der Waals surface area contributed by atoms with Crippen molar-refractivity contribution in [1.29, 1.82) is 0 Å². The Balaban J connectivity index is 1.73. The summed E-state index contributed by atoms with van der Waals surface area (Å²) in [5.41, 5.74) is 1.36. The number of carbonyl (C=O) groups is 2. The van der Waals surface area contributed by atoms with Crippen molar-refractivity contribution in [3.05, 3.63) is 64.7 Å². The molecule has 2 rings (SSSR count). The van der Waals surface area contributed by atoms with Gasteiger partial charge in [-0.05, 0) is 42.0 Å². The highest BCUT2D eigenvalue weighted by molar-refractivity contribution is 6.30. The molecule has 2 aromatic rings. The summed E-state index contributed by atoms with van der Waals surface area (Å²) in [5.74, 6) is 0.151. The number of halogens is 1. The van der Waals surface area contributed by atoms with Crippen LogP contribution in [0.3, 0.4) is 0 Å². The zero-order chi connectivity index (χ0) is 17.4. The second-order valence-corrected chi connectivity index (χ2v) is 5.48. The van der Waals surface area contributed by atoms with Crippen LogP contribution in [0.2, 0.25) is 5.02 Å². The first-order valence-corrected chi connectivity index (χ1v) is 7.81. The van der Waals surface area contributed by atoms with Crippen molar-refractivity contribution in [1.82, 2.24) is 5.32 Å². The van der Waals surface area contributed by atoms with E-state index in [1.807, 2.05) is 0 Å². The van der Waals surface area contributed by atoms with Gasteiger partial charge in [-0.2, -0.15) is 0 Å². The lowest BCUT2D eigenvalue weighted by Gasteiger charge is -2.08. The standard InChI is InChI=1S/C18H18ClNO4/c1-13(21)20-12-14-2-4-15(5-3-14)18(22)24-11-10-23-17-8-6-16(19)7-9-17/h2-9H,10-12H2,1H3,(H,20,21). The van der Waals surface area contributed by atoms with Crippen LogP contribution < -0.4 is 10.1 Å². The third-order valence-electron chi connectivity index (χ3n) is 3.13. The molecule has 0 radical (unpaired) electrons. The third kappa shape index (κ3) is 5.93. The molecule has 0 aromatic heterocycles. The molecule has 0 aliphatic heterocycles. The average Bonchev–Trinajstić information content (AvgIpc) is 2.58. The number of rotatable bonds is 7. The molecule has 5 nitrogen and oxygen atoms in total. The molecule has 0 heterocycles. The first-order chi connectivity index (χ1) is 11.5. The Morgan fingerprint density at radius 2 is 1.67 bits per heavy atom. The van der Waals surface area contributed by atoms with Gasteiger partial charge in [-0.1, -0.05) is 23.7 Å². The largest absolute Gasteiger partial charge is 0.490 e. The first-order valence-electron chi connectivity index (χ1n) is 7.43. The van der Waals surface area contributed by atoms with Gasteiger partial charge in [0.15, 0.2) is 0 Å². The molecule has 2 aromatic carbocycles. The van der Waals surface area contributed by atoms with Crippen LogP contribution in [0, 0.1) is 0 Å². The summed E-state index contributed by atoms with van der Waals surface area (Å²) in [6.07, 6.45) is 0. The van der Waals surface area contributed by atoms with Crippen LogP contribution in [0.1, 0.15) is 22.8 Å². The summed E-state index contributed by atoms with van der Waals surface area (Å²) in [5, 5.41) is 3.33. The lowest BCUT2D eigenvalue weighted by Crippen LogP contribution is -2.19. The number of nitrogens with one attached hydrogen (secondary N) is 1. The Labute approximate surface area is 145 Å². The number of ether oxygens (including phenoxy) is 2. The fourth-order valence-corrected chi connectivity index (χ4v) is 2.02. The molecule has 6 heteroatoms. The highest BCUT2D eigenvalue weighted by atomic mass is 35.5. The molecule has 24 heavy (non-hydrogen) atoms. The topological polar surface area (TPSA) is 64.6 Å². The van der Waals surface area contributed by atoms with Crippen LogP contribution in [-0.2, 0) is 16.1 Å². The summed E-state index contributed by atoms with van der Waals surface area (Å²) in [7, 11) is 0. The maximum absolute atomic E-state index is 11.9. The van der Waals surface area contributed by atoms with E-state index in [0.29, 0.717) is 22.9 Å². The Hall–Kier alpha value is -2.53. The molecule has 0 aliphatic carbocycles. The highest BCUT2D eigenvalue weighted by Crippen LogP contribution is 2.15. The van der Waals surface area contributed by atoms with E-state index in [0.717, 1.165) is 5.56 Å². The number of hydrogen-bond donors (Lipinski definition) is 1. The maximum Gasteiger partial charge on any atom is 0.338 e. The predicted molar refractivity (Wildman–Crippen MR) is 91.2 cm³/mol. The van der Waals surface area contributed by atoms with E-state index < -0.39 is 5.97 Å². The molecule has 1 amide bonds. The van der Waals surface area contributed by atoms with Gasteiger partial charge >= 0.3 is 5.97 Å². The van der Waals surface area contributed by atoms with E-state index in [9.17, 15) is 9.59 Å². The second kappa shape index (κ2) is 8.93. The monoisotopic (exact) mass is 347 g/mol. The third-order valence-corrected chi connectivity index (χ3v) is 3.38. The van der Waals surface area contributed by atoms with Crippen molar-refractivity contribution >= 4 is 23.5 Å². The van der Waals surface area contributed by atoms with Gasteiger partial charge in [-0.25, -0.2) is 4.79 Å². The van der Waals surface area contributed by atoms with Gasteiger partial charge in [-0.15, -0.1) is 0 Å². The van der Waals surface area contributed by atoms with E-state index in [4.69, 9.17) is 21.1 Å². The van der Waals surface area contributed by atoms with Gasteiger partial charge in [-0.3, -0.25) is 4.79 Å². The summed E-state index contributed by atoms with van der Waals surface area (Å²) < 4.78 is 10.6. The van der Waals surface area contributed by atoms with Crippen molar-refractivity contribution in [2.45, 2.75) is 13.5 Å². The zero-order valence-corrected chi connectivity index (χ0v) is 14.0. The van der Waals surface area contributed by atoms with Gasteiger partial charge in [0.05, 0.1) is 5.56 Å². The van der Waals surface area contributed by atoms with E-state index in [1.54, 1.807) is 48.5 Å². The van der Waals surface area contributed by atoms with E-state index in [-0.39, 0.29) is 19.1 Å². The van der Waals surface area contributed by atoms with Crippen LogP contribution >= 0.6 is 11.6 Å². The molecule has 0 fully saturated rings. The number of esters is 1. The highest BCUT2D eigenvalue weighted by Gasteiger charge is 2.07. The molecule has 126 valence electrons. The normalized spacial score (nSPS) is 10.1. The van der Waals surface area contributed by atoms with Gasteiger partial charge in [0.2, 0.25) is 5.91 Å². The minimum atomic E-state index is -0.416. The van der Waals surface area contributed by atoms with E-state index in [1.165, 1.54) is 6.92 Å². The molecule has 0 atom stereocenters. The molecule has 0 spiro atoms. The maximum atomic E-state index is 11.9. The Kier molecular flexibility index (Phi) is 6.63. The van der Waals surface area contributed by atoms with Gasteiger partial charge in [0.25, 0.3) is 0 Å². The smallest absolute Gasteiger partial charge is 0.338 e. The van der Waals surface area contributed by atoms with Gasteiger partial charge in [0.1, 0.15) is 19.0 Å². The minimum absolute atomic E-state index is 0.0980. The van der Waals surface area contributed by atoms with Crippen molar-refractivity contribution in [2.24, 2.45) is 0 Å². The second-order valence-electron chi connectivity index (χ2n) is 5.04. The van der Waals surface area contributed by atoms with Gasteiger partial charge in [0, 0.05) is 18.5 Å². The summed E-state index contributed by atoms with van der Waals surface area (Å²) >= 11 is 5.78. The van der Waals surface area contributed by atoms with Crippen LogP contribution in [0.15, 0.2) is 48.5 Å².